The Bertz CT molecular complexity index is 351. The Morgan fingerprint density at radius 3 is 1.62 bits per heavy atom. The molecule has 13 heavy (non-hydrogen) atoms. The van der Waals surface area contributed by atoms with Crippen LogP contribution in [0.4, 0.5) is 0 Å². The van der Waals surface area contributed by atoms with E-state index in [0.717, 1.165) is 0 Å². The van der Waals surface area contributed by atoms with Crippen molar-refractivity contribution in [2.24, 2.45) is 0 Å². The summed E-state index contributed by atoms with van der Waals surface area (Å²) in [6.07, 6.45) is 3.32. The maximum absolute atomic E-state index is 9.19. The van der Waals surface area contributed by atoms with Crippen molar-refractivity contribution in [2.45, 2.75) is 12.8 Å². The van der Waals surface area contributed by atoms with E-state index in [9.17, 15) is 8.42 Å². The Hall–Kier alpha value is -0.870. The van der Waals surface area contributed by atoms with Crippen LogP contribution in [0.2, 0.25) is 0 Å². The van der Waals surface area contributed by atoms with Crippen LogP contribution in [0.1, 0.15) is 11.1 Å². The van der Waals surface area contributed by atoms with Gasteiger partial charge in [-0.2, -0.15) is 8.42 Å². The largest absolute Gasteiger partial charge is 0.286 e. The lowest BCUT2D eigenvalue weighted by Gasteiger charge is -2.16. The Kier molecular flexibility index (Phi) is 3.06. The molecule has 0 radical (unpaired) electrons. The summed E-state index contributed by atoms with van der Waals surface area (Å²) in [5.41, 5.74) is 3.10. The fourth-order valence-electron chi connectivity index (χ4n) is 1.14. The molecule has 0 fully saturated rings. The van der Waals surface area contributed by atoms with Crippen LogP contribution in [-0.4, -0.2) is 19.2 Å². The molecule has 1 aliphatic rings. The molecule has 0 unspecified atom stereocenters. The highest BCUT2D eigenvalue weighted by Gasteiger charge is 2.09. The molecule has 3 nitrogen and oxygen atoms in total. The third-order valence-corrected chi connectivity index (χ3v) is 1.78. The maximum atomic E-state index is 9.19. The quantitative estimate of drug-likeness (QED) is 0.642. The van der Waals surface area contributed by atoms with Crippen molar-refractivity contribution in [1.82, 2.24) is 0 Å². The van der Waals surface area contributed by atoms with E-state index < -0.39 is 10.1 Å². The maximum Gasteiger partial charge on any atom is 0.261 e. The zero-order chi connectivity index (χ0) is 9.90. The predicted octanol–water partition coefficient (Wildman–Crippen LogP) is 1.29. The van der Waals surface area contributed by atoms with Gasteiger partial charge in [0.2, 0.25) is 0 Å². The lowest BCUT2D eigenvalue weighted by atomic mass is 9.89. The minimum atomic E-state index is -3.67. The van der Waals surface area contributed by atoms with Crippen molar-refractivity contribution >= 4 is 10.1 Å². The lowest BCUT2D eigenvalue weighted by Crippen LogP contribution is -2.06. The third-order valence-electron chi connectivity index (χ3n) is 1.78. The Morgan fingerprint density at radius 1 is 1.15 bits per heavy atom. The second kappa shape index (κ2) is 3.89. The van der Waals surface area contributed by atoms with Gasteiger partial charge in [-0.05, 0) is 24.0 Å². The number of aryl methyl sites for hydroxylation is 2. The third kappa shape index (κ3) is 4.05. The predicted molar refractivity (Wildman–Crippen MR) is 51.3 cm³/mol. The summed E-state index contributed by atoms with van der Waals surface area (Å²) in [5, 5.41) is 0. The van der Waals surface area contributed by atoms with Crippen LogP contribution in [0.3, 0.4) is 0 Å². The van der Waals surface area contributed by atoms with Gasteiger partial charge in [-0.1, -0.05) is 24.3 Å². The molecule has 0 aromatic heterocycles. The number of benzene rings is 1. The van der Waals surface area contributed by atoms with Gasteiger partial charge in [0.15, 0.2) is 0 Å². The van der Waals surface area contributed by atoms with E-state index in [-0.39, 0.29) is 0 Å². The Balaban J connectivity index is 0.000000149. The minimum Gasteiger partial charge on any atom is -0.286 e. The van der Waals surface area contributed by atoms with E-state index in [1.165, 1.54) is 12.8 Å². The smallest absolute Gasteiger partial charge is 0.261 e. The van der Waals surface area contributed by atoms with Gasteiger partial charge in [0, 0.05) is 0 Å². The molecule has 0 heterocycles. The molecule has 2 rings (SSSR count). The first-order valence-electron chi connectivity index (χ1n) is 3.96. The Labute approximate surface area is 78.2 Å². The molecule has 1 aromatic carbocycles. The molecule has 72 valence electrons. The average molecular weight is 200 g/mol. The molecule has 1 aliphatic carbocycles. The van der Waals surface area contributed by atoms with Crippen LogP contribution in [0.15, 0.2) is 24.3 Å². The highest BCUT2D eigenvalue weighted by Crippen LogP contribution is 2.20. The van der Waals surface area contributed by atoms with Gasteiger partial charge in [0.1, 0.15) is 0 Å². The fraction of sp³-hybridized carbons (Fsp3) is 0.333. The molecule has 0 saturated carbocycles. The molecule has 0 amide bonds. The number of fused-ring (bicyclic) bond motifs is 1. The molecular formula is C9H12O3S. The molecule has 0 spiro atoms. The first-order chi connectivity index (χ1) is 5.97. The van der Waals surface area contributed by atoms with Crippen molar-refractivity contribution in [2.75, 3.05) is 6.26 Å². The molecule has 1 aromatic rings. The molecule has 0 aliphatic heterocycles. The van der Waals surface area contributed by atoms with Crippen molar-refractivity contribution in [1.29, 1.82) is 0 Å². The van der Waals surface area contributed by atoms with E-state index in [4.69, 9.17) is 4.55 Å². The second-order valence-corrected chi connectivity index (χ2v) is 4.47. The van der Waals surface area contributed by atoms with Gasteiger partial charge in [0.25, 0.3) is 10.1 Å². The number of hydrogen-bond acceptors (Lipinski definition) is 2. The van der Waals surface area contributed by atoms with E-state index in [0.29, 0.717) is 6.26 Å². The van der Waals surface area contributed by atoms with Crippen molar-refractivity contribution in [3.8, 4) is 0 Å². The van der Waals surface area contributed by atoms with Crippen molar-refractivity contribution in [3.05, 3.63) is 35.4 Å². The van der Waals surface area contributed by atoms with Crippen LogP contribution < -0.4 is 0 Å². The van der Waals surface area contributed by atoms with Gasteiger partial charge >= 0.3 is 0 Å². The van der Waals surface area contributed by atoms with Crippen LogP contribution in [-0.2, 0) is 23.0 Å². The van der Waals surface area contributed by atoms with E-state index >= 15 is 0 Å². The molecule has 0 atom stereocenters. The van der Waals surface area contributed by atoms with E-state index in [1.54, 1.807) is 11.1 Å². The summed E-state index contributed by atoms with van der Waals surface area (Å²) in [5.74, 6) is 0. The summed E-state index contributed by atoms with van der Waals surface area (Å²) in [6, 6.07) is 8.63. The highest BCUT2D eigenvalue weighted by atomic mass is 32.2. The summed E-state index contributed by atoms with van der Waals surface area (Å²) in [6.45, 7) is 0. The number of hydrogen-bond donors (Lipinski definition) is 1. The highest BCUT2D eigenvalue weighted by molar-refractivity contribution is 7.85. The fourth-order valence-corrected chi connectivity index (χ4v) is 1.14. The van der Waals surface area contributed by atoms with Crippen LogP contribution in [0.5, 0.6) is 0 Å². The zero-order valence-corrected chi connectivity index (χ0v) is 8.21. The zero-order valence-electron chi connectivity index (χ0n) is 7.40. The van der Waals surface area contributed by atoms with E-state index in [2.05, 4.69) is 24.3 Å². The first-order valence-corrected chi connectivity index (χ1v) is 5.81. The standard InChI is InChI=1S/C8H8.CH4O3S/c1-2-4-8-6-5-7(8)3-1;1-5(2,3)4/h1-4H,5-6H2;1H3,(H,2,3,4). The molecule has 0 bridgehead atoms. The topological polar surface area (TPSA) is 54.4 Å². The van der Waals surface area contributed by atoms with Crippen molar-refractivity contribution in [3.63, 3.8) is 0 Å². The summed E-state index contributed by atoms with van der Waals surface area (Å²) in [7, 11) is -3.67. The van der Waals surface area contributed by atoms with Gasteiger partial charge in [-0.15, -0.1) is 0 Å². The van der Waals surface area contributed by atoms with Gasteiger partial charge in [0.05, 0.1) is 6.26 Å². The molecule has 0 saturated heterocycles. The molecular weight excluding hydrogens is 188 g/mol. The average Bonchev–Trinajstić information content (AvgIpc) is 1.88. The van der Waals surface area contributed by atoms with Crippen molar-refractivity contribution < 1.29 is 13.0 Å². The lowest BCUT2D eigenvalue weighted by molar-refractivity contribution is 0.490. The van der Waals surface area contributed by atoms with Crippen LogP contribution in [0.25, 0.3) is 0 Å². The van der Waals surface area contributed by atoms with E-state index in [1.807, 2.05) is 0 Å². The van der Waals surface area contributed by atoms with Gasteiger partial charge < -0.3 is 0 Å². The second-order valence-electron chi connectivity index (χ2n) is 3.00. The monoisotopic (exact) mass is 200 g/mol. The molecule has 1 N–H and O–H groups in total. The first kappa shape index (κ1) is 10.2. The summed E-state index contributed by atoms with van der Waals surface area (Å²) in [4.78, 5) is 0. The van der Waals surface area contributed by atoms with Crippen LogP contribution >= 0.6 is 0 Å². The van der Waals surface area contributed by atoms with Gasteiger partial charge in [-0.3, -0.25) is 4.55 Å². The summed E-state index contributed by atoms with van der Waals surface area (Å²) >= 11 is 0. The number of rotatable bonds is 0. The van der Waals surface area contributed by atoms with Gasteiger partial charge in [-0.25, -0.2) is 0 Å². The minimum absolute atomic E-state index is 0.715. The van der Waals surface area contributed by atoms with Crippen LogP contribution in [0, 0.1) is 0 Å². The SMILES string of the molecule is CS(=O)(=O)O.c1ccc2c(c1)CC2. The Morgan fingerprint density at radius 2 is 1.46 bits per heavy atom. The molecule has 4 heteroatoms. The summed E-state index contributed by atoms with van der Waals surface area (Å²) < 4.78 is 25.9. The normalized spacial score (nSPS) is 13.4.